The lowest BCUT2D eigenvalue weighted by Crippen LogP contribution is -2.41. The molecule has 0 spiro atoms. The Labute approximate surface area is 118 Å². The van der Waals surface area contributed by atoms with Gasteiger partial charge in [0.2, 0.25) is 5.91 Å². The molecule has 1 rings (SSSR count). The van der Waals surface area contributed by atoms with Crippen molar-refractivity contribution in [3.8, 4) is 0 Å². The van der Waals surface area contributed by atoms with Crippen LogP contribution in [0.25, 0.3) is 0 Å². The third kappa shape index (κ3) is 7.56. The van der Waals surface area contributed by atoms with E-state index in [4.69, 9.17) is 5.73 Å². The molecule has 1 aliphatic rings. The summed E-state index contributed by atoms with van der Waals surface area (Å²) >= 11 is 0. The molecular formula is C16H32N2O. The van der Waals surface area contributed by atoms with Crippen molar-refractivity contribution in [2.75, 3.05) is 6.54 Å². The number of nitrogens with two attached hydrogens (primary N) is 1. The van der Waals surface area contributed by atoms with Crippen molar-refractivity contribution in [2.45, 2.75) is 78.2 Å². The first kappa shape index (κ1) is 16.5. The fraction of sp³-hybridized carbons (Fsp3) is 0.938. The van der Waals surface area contributed by atoms with E-state index in [9.17, 15) is 4.79 Å². The normalized spacial score (nSPS) is 20.4. The van der Waals surface area contributed by atoms with Crippen LogP contribution >= 0.6 is 0 Å². The SMILES string of the molecule is CC(C)(C)CC(N)CNC(=O)C1CCCCCCC1. The van der Waals surface area contributed by atoms with Crippen LogP contribution in [0.5, 0.6) is 0 Å². The number of hydrogen-bond acceptors (Lipinski definition) is 2. The second-order valence-electron chi connectivity index (χ2n) is 7.31. The maximum atomic E-state index is 12.2. The number of carbonyl (C=O) groups excluding carboxylic acids is 1. The summed E-state index contributed by atoms with van der Waals surface area (Å²) in [6, 6.07) is 0.0671. The summed E-state index contributed by atoms with van der Waals surface area (Å²) in [7, 11) is 0. The van der Waals surface area contributed by atoms with Crippen LogP contribution in [0.3, 0.4) is 0 Å². The van der Waals surface area contributed by atoms with Gasteiger partial charge in [-0.25, -0.2) is 0 Å². The molecule has 112 valence electrons. The fourth-order valence-electron chi connectivity index (χ4n) is 2.95. The zero-order chi connectivity index (χ0) is 14.3. The molecule has 1 aliphatic carbocycles. The Bertz CT molecular complexity index is 262. The van der Waals surface area contributed by atoms with E-state index in [1.54, 1.807) is 0 Å². The lowest BCUT2D eigenvalue weighted by atomic mass is 9.88. The Kier molecular flexibility index (Phi) is 6.84. The minimum absolute atomic E-state index is 0.0671. The van der Waals surface area contributed by atoms with Crippen molar-refractivity contribution in [2.24, 2.45) is 17.1 Å². The first-order chi connectivity index (χ1) is 8.88. The van der Waals surface area contributed by atoms with Crippen LogP contribution in [0, 0.1) is 11.3 Å². The van der Waals surface area contributed by atoms with Gasteiger partial charge in [-0.15, -0.1) is 0 Å². The molecule has 0 radical (unpaired) electrons. The van der Waals surface area contributed by atoms with Gasteiger partial charge >= 0.3 is 0 Å². The Balaban J connectivity index is 2.28. The standard InChI is InChI=1S/C16H32N2O/c1-16(2,3)11-14(17)12-18-15(19)13-9-7-5-4-6-8-10-13/h13-14H,4-12,17H2,1-3H3,(H,18,19). The maximum absolute atomic E-state index is 12.2. The van der Waals surface area contributed by atoms with Gasteiger partial charge in [0.25, 0.3) is 0 Å². The molecule has 1 unspecified atom stereocenters. The largest absolute Gasteiger partial charge is 0.354 e. The predicted molar refractivity (Wildman–Crippen MR) is 80.9 cm³/mol. The highest BCUT2D eigenvalue weighted by atomic mass is 16.1. The molecule has 0 heterocycles. The minimum atomic E-state index is 0.0671. The van der Waals surface area contributed by atoms with Crippen LogP contribution in [-0.2, 0) is 4.79 Å². The molecule has 0 aromatic carbocycles. The van der Waals surface area contributed by atoms with Gasteiger partial charge < -0.3 is 11.1 Å². The van der Waals surface area contributed by atoms with Crippen LogP contribution in [0.2, 0.25) is 0 Å². The summed E-state index contributed by atoms with van der Waals surface area (Å²) in [4.78, 5) is 12.2. The molecule has 1 amide bonds. The minimum Gasteiger partial charge on any atom is -0.354 e. The summed E-state index contributed by atoms with van der Waals surface area (Å²) in [5.41, 5.74) is 6.31. The first-order valence-corrected chi connectivity index (χ1v) is 7.92. The van der Waals surface area contributed by atoms with Crippen molar-refractivity contribution in [1.29, 1.82) is 0 Å². The van der Waals surface area contributed by atoms with E-state index in [-0.39, 0.29) is 23.3 Å². The number of nitrogens with one attached hydrogen (secondary N) is 1. The highest BCUT2D eigenvalue weighted by molar-refractivity contribution is 5.78. The molecule has 3 N–H and O–H groups in total. The highest BCUT2D eigenvalue weighted by Gasteiger charge is 2.21. The zero-order valence-electron chi connectivity index (χ0n) is 13.0. The molecule has 1 atom stereocenters. The van der Waals surface area contributed by atoms with Crippen LogP contribution in [0.1, 0.15) is 72.1 Å². The first-order valence-electron chi connectivity index (χ1n) is 7.92. The molecule has 3 heteroatoms. The molecule has 1 saturated carbocycles. The van der Waals surface area contributed by atoms with Crippen LogP contribution < -0.4 is 11.1 Å². The molecule has 1 fully saturated rings. The van der Waals surface area contributed by atoms with E-state index in [2.05, 4.69) is 26.1 Å². The van der Waals surface area contributed by atoms with Crippen molar-refractivity contribution < 1.29 is 4.79 Å². The van der Waals surface area contributed by atoms with E-state index < -0.39 is 0 Å². The maximum Gasteiger partial charge on any atom is 0.223 e. The smallest absolute Gasteiger partial charge is 0.223 e. The summed E-state index contributed by atoms with van der Waals surface area (Å²) < 4.78 is 0. The molecule has 0 aliphatic heterocycles. The Morgan fingerprint density at radius 1 is 1.16 bits per heavy atom. The third-order valence-corrected chi connectivity index (χ3v) is 3.89. The van der Waals surface area contributed by atoms with E-state index in [0.717, 1.165) is 19.3 Å². The average molecular weight is 268 g/mol. The molecule has 19 heavy (non-hydrogen) atoms. The molecule has 0 bridgehead atoms. The zero-order valence-corrected chi connectivity index (χ0v) is 13.0. The Morgan fingerprint density at radius 3 is 2.21 bits per heavy atom. The van der Waals surface area contributed by atoms with E-state index in [1.807, 2.05) is 0 Å². The summed E-state index contributed by atoms with van der Waals surface area (Å²) in [6.07, 6.45) is 9.36. The van der Waals surface area contributed by atoms with Crippen molar-refractivity contribution >= 4 is 5.91 Å². The number of hydrogen-bond donors (Lipinski definition) is 2. The van der Waals surface area contributed by atoms with Gasteiger partial charge in [-0.1, -0.05) is 52.9 Å². The molecule has 0 aromatic rings. The van der Waals surface area contributed by atoms with Gasteiger partial charge in [-0.05, 0) is 24.7 Å². The van der Waals surface area contributed by atoms with Crippen LogP contribution in [-0.4, -0.2) is 18.5 Å². The summed E-state index contributed by atoms with van der Waals surface area (Å²) in [5, 5.41) is 3.06. The van der Waals surface area contributed by atoms with Crippen molar-refractivity contribution in [3.63, 3.8) is 0 Å². The van der Waals surface area contributed by atoms with Gasteiger partial charge in [0.05, 0.1) is 0 Å². The molecule has 3 nitrogen and oxygen atoms in total. The number of carbonyl (C=O) groups is 1. The fourth-order valence-corrected chi connectivity index (χ4v) is 2.95. The van der Waals surface area contributed by atoms with E-state index in [0.29, 0.717) is 6.54 Å². The second kappa shape index (κ2) is 7.88. The summed E-state index contributed by atoms with van der Waals surface area (Å²) in [5.74, 6) is 0.452. The van der Waals surface area contributed by atoms with Gasteiger partial charge in [0, 0.05) is 18.5 Å². The number of amides is 1. The summed E-state index contributed by atoms with van der Waals surface area (Å²) in [6.45, 7) is 7.17. The lowest BCUT2D eigenvalue weighted by molar-refractivity contribution is -0.125. The Hall–Kier alpha value is -0.570. The van der Waals surface area contributed by atoms with Gasteiger partial charge in [-0.3, -0.25) is 4.79 Å². The monoisotopic (exact) mass is 268 g/mol. The quantitative estimate of drug-likeness (QED) is 0.822. The van der Waals surface area contributed by atoms with Gasteiger partial charge in [0.1, 0.15) is 0 Å². The topological polar surface area (TPSA) is 55.1 Å². The van der Waals surface area contributed by atoms with Crippen molar-refractivity contribution in [1.82, 2.24) is 5.32 Å². The predicted octanol–water partition coefficient (Wildman–Crippen LogP) is 3.23. The van der Waals surface area contributed by atoms with E-state index in [1.165, 1.54) is 32.1 Å². The van der Waals surface area contributed by atoms with Crippen LogP contribution in [0.4, 0.5) is 0 Å². The van der Waals surface area contributed by atoms with Crippen molar-refractivity contribution in [3.05, 3.63) is 0 Å². The lowest BCUT2D eigenvalue weighted by Gasteiger charge is -2.24. The third-order valence-electron chi connectivity index (χ3n) is 3.89. The highest BCUT2D eigenvalue weighted by Crippen LogP contribution is 2.23. The molecule has 0 saturated heterocycles. The van der Waals surface area contributed by atoms with Gasteiger partial charge in [-0.2, -0.15) is 0 Å². The van der Waals surface area contributed by atoms with Crippen LogP contribution in [0.15, 0.2) is 0 Å². The van der Waals surface area contributed by atoms with Gasteiger partial charge in [0.15, 0.2) is 0 Å². The average Bonchev–Trinajstić information content (AvgIpc) is 2.23. The molecule has 0 aromatic heterocycles. The van der Waals surface area contributed by atoms with E-state index >= 15 is 0 Å². The Morgan fingerprint density at radius 2 is 1.68 bits per heavy atom. The molecular weight excluding hydrogens is 236 g/mol. The second-order valence-corrected chi connectivity index (χ2v) is 7.31. The number of rotatable bonds is 4.